The first-order valence-corrected chi connectivity index (χ1v) is 11.7. The third kappa shape index (κ3) is 5.09. The minimum atomic E-state index is -2.14. The summed E-state index contributed by atoms with van der Waals surface area (Å²) < 4.78 is 23.8. The molecular formula is C21H25ClN7O2S-. The molecule has 3 N–H and O–H groups in total. The number of H-pyrrole nitrogens is 1. The van der Waals surface area contributed by atoms with E-state index in [0.717, 1.165) is 35.3 Å². The number of aromatic amines is 1. The van der Waals surface area contributed by atoms with E-state index in [1.165, 1.54) is 9.87 Å². The lowest BCUT2D eigenvalue weighted by molar-refractivity contribution is 0.309. The van der Waals surface area contributed by atoms with E-state index in [1.54, 1.807) is 6.20 Å². The maximum atomic E-state index is 11.2. The fourth-order valence-electron chi connectivity index (χ4n) is 3.97. The highest BCUT2D eigenvalue weighted by molar-refractivity contribution is 7.76. The number of aryl methyl sites for hydroxylation is 3. The highest BCUT2D eigenvalue weighted by atomic mass is 35.5. The molecule has 1 fully saturated rings. The molecule has 1 atom stereocenters. The van der Waals surface area contributed by atoms with Gasteiger partial charge in [0.1, 0.15) is 5.02 Å². The smallest absolute Gasteiger partial charge is 0.229 e. The van der Waals surface area contributed by atoms with Crippen LogP contribution in [-0.2, 0) is 11.3 Å². The van der Waals surface area contributed by atoms with Gasteiger partial charge in [0, 0.05) is 41.8 Å². The van der Waals surface area contributed by atoms with Gasteiger partial charge in [0.25, 0.3) is 0 Å². The van der Waals surface area contributed by atoms with Gasteiger partial charge in [-0.2, -0.15) is 10.1 Å². The number of halogens is 1. The first-order chi connectivity index (χ1) is 15.3. The normalized spacial score (nSPS) is 16.2. The van der Waals surface area contributed by atoms with Crippen molar-refractivity contribution >= 4 is 46.1 Å². The Morgan fingerprint density at radius 3 is 2.56 bits per heavy atom. The van der Waals surface area contributed by atoms with Crippen LogP contribution in [0.1, 0.15) is 41.1 Å². The maximum Gasteiger partial charge on any atom is 0.229 e. The molecule has 4 rings (SSSR count). The van der Waals surface area contributed by atoms with Crippen molar-refractivity contribution in [1.82, 2.24) is 24.5 Å². The Hall–Kier alpha value is -2.53. The Kier molecular flexibility index (Phi) is 6.75. The van der Waals surface area contributed by atoms with Crippen molar-refractivity contribution in [2.45, 2.75) is 39.5 Å². The molecule has 2 aromatic heterocycles. The van der Waals surface area contributed by atoms with Gasteiger partial charge in [-0.15, -0.1) is 0 Å². The third-order valence-corrected chi connectivity index (χ3v) is 6.72. The average molecular weight is 475 g/mol. The van der Waals surface area contributed by atoms with Gasteiger partial charge in [-0.1, -0.05) is 17.7 Å². The molecule has 1 aromatic carbocycles. The van der Waals surface area contributed by atoms with Crippen LogP contribution in [0.2, 0.25) is 5.02 Å². The Balaban J connectivity index is 1.51. The summed E-state index contributed by atoms with van der Waals surface area (Å²) in [5.41, 5.74) is 5.32. The number of piperidine rings is 1. The molecule has 1 aliphatic heterocycles. The first kappa shape index (κ1) is 22.7. The number of benzene rings is 1. The number of hydrogen-bond donors (Lipinski definition) is 3. The van der Waals surface area contributed by atoms with Gasteiger partial charge in [-0.25, -0.2) is 9.29 Å². The second-order valence-electron chi connectivity index (χ2n) is 8.02. The summed E-state index contributed by atoms with van der Waals surface area (Å²) in [5, 5.41) is 13.8. The van der Waals surface area contributed by atoms with E-state index < -0.39 is 11.3 Å². The van der Waals surface area contributed by atoms with Crippen molar-refractivity contribution < 1.29 is 8.76 Å². The molecule has 3 aromatic rings. The number of anilines is 4. The lowest BCUT2D eigenvalue weighted by Gasteiger charge is -2.33. The van der Waals surface area contributed by atoms with Gasteiger partial charge in [0.2, 0.25) is 5.95 Å². The van der Waals surface area contributed by atoms with E-state index in [9.17, 15) is 8.76 Å². The van der Waals surface area contributed by atoms with Crippen LogP contribution in [-0.4, -0.2) is 46.3 Å². The van der Waals surface area contributed by atoms with E-state index in [-0.39, 0.29) is 0 Å². The zero-order valence-electron chi connectivity index (χ0n) is 18.1. The van der Waals surface area contributed by atoms with E-state index in [4.69, 9.17) is 11.6 Å². The van der Waals surface area contributed by atoms with Crippen molar-refractivity contribution in [1.29, 1.82) is 0 Å². The number of hydrogen-bond acceptors (Lipinski definition) is 7. The Morgan fingerprint density at radius 1 is 1.16 bits per heavy atom. The highest BCUT2D eigenvalue weighted by Gasteiger charge is 2.23. The molecule has 3 heterocycles. The van der Waals surface area contributed by atoms with Crippen molar-refractivity contribution in [3.63, 3.8) is 0 Å². The Labute approximate surface area is 194 Å². The standard InChI is InChI=1S/C21H26ClN7O2S/c1-12-9-18(13(2)8-16(12)15-4-6-29(7-5-15)32(30)31)24-21-23-11-17(22)20(26-21)25-19-10-14(3)27-28-19/h8-11,15H,4-7H2,1-3H3,(H,30,31)(H3,23,24,25,26,27,28)/p-1. The first-order valence-electron chi connectivity index (χ1n) is 10.3. The summed E-state index contributed by atoms with van der Waals surface area (Å²) in [4.78, 5) is 8.80. The molecule has 0 bridgehead atoms. The van der Waals surface area contributed by atoms with Crippen molar-refractivity contribution in [2.75, 3.05) is 23.7 Å². The largest absolute Gasteiger partial charge is 0.760 e. The molecule has 0 aliphatic carbocycles. The fourth-order valence-corrected chi connectivity index (χ4v) is 4.61. The average Bonchev–Trinajstić information content (AvgIpc) is 3.17. The molecule has 0 amide bonds. The minimum Gasteiger partial charge on any atom is -0.760 e. The molecule has 0 radical (unpaired) electrons. The molecule has 32 heavy (non-hydrogen) atoms. The van der Waals surface area contributed by atoms with Gasteiger partial charge in [-0.3, -0.25) is 9.31 Å². The summed E-state index contributed by atoms with van der Waals surface area (Å²) >= 11 is 4.12. The SMILES string of the molecule is Cc1cc(Nc2nc(Nc3cc(C)c(C4CCN(S(=O)[O-])CC4)cc3C)ncc2Cl)n[nH]1. The number of rotatable bonds is 6. The number of nitrogens with one attached hydrogen (secondary N) is 3. The molecule has 0 spiro atoms. The summed E-state index contributed by atoms with van der Waals surface area (Å²) in [6, 6.07) is 6.12. The lowest BCUT2D eigenvalue weighted by Crippen LogP contribution is -2.34. The summed E-state index contributed by atoms with van der Waals surface area (Å²) in [6.07, 6.45) is 3.19. The van der Waals surface area contributed by atoms with E-state index >= 15 is 0 Å². The Morgan fingerprint density at radius 2 is 1.91 bits per heavy atom. The minimum absolute atomic E-state index is 0.349. The Bertz CT molecular complexity index is 1150. The topological polar surface area (TPSA) is 122 Å². The van der Waals surface area contributed by atoms with Crippen molar-refractivity contribution in [3.8, 4) is 0 Å². The van der Waals surface area contributed by atoms with Gasteiger partial charge >= 0.3 is 0 Å². The van der Waals surface area contributed by atoms with Crippen molar-refractivity contribution in [3.05, 3.63) is 51.8 Å². The molecule has 11 heteroatoms. The molecule has 9 nitrogen and oxygen atoms in total. The molecule has 1 aliphatic rings. The van der Waals surface area contributed by atoms with Gasteiger partial charge in [0.15, 0.2) is 11.6 Å². The maximum absolute atomic E-state index is 11.2. The molecular weight excluding hydrogens is 450 g/mol. The molecule has 0 saturated carbocycles. The van der Waals surface area contributed by atoms with Crippen LogP contribution in [0, 0.1) is 20.8 Å². The van der Waals surface area contributed by atoms with Crippen LogP contribution in [0.25, 0.3) is 0 Å². The zero-order valence-corrected chi connectivity index (χ0v) is 19.7. The predicted molar refractivity (Wildman–Crippen MR) is 125 cm³/mol. The van der Waals surface area contributed by atoms with Gasteiger partial charge < -0.3 is 15.2 Å². The van der Waals surface area contributed by atoms with Crippen LogP contribution < -0.4 is 10.6 Å². The van der Waals surface area contributed by atoms with Crippen LogP contribution >= 0.6 is 11.6 Å². The summed E-state index contributed by atoms with van der Waals surface area (Å²) in [7, 11) is 0. The third-order valence-electron chi connectivity index (χ3n) is 5.66. The molecule has 1 saturated heterocycles. The van der Waals surface area contributed by atoms with Gasteiger partial charge in [0.05, 0.1) is 6.20 Å². The van der Waals surface area contributed by atoms with Gasteiger partial charge in [-0.05, 0) is 62.3 Å². The highest BCUT2D eigenvalue weighted by Crippen LogP contribution is 2.34. The second kappa shape index (κ2) is 9.53. The van der Waals surface area contributed by atoms with Crippen LogP contribution in [0.5, 0.6) is 0 Å². The predicted octanol–water partition coefficient (Wildman–Crippen LogP) is 4.24. The summed E-state index contributed by atoms with van der Waals surface area (Å²) in [5.74, 6) is 1.86. The van der Waals surface area contributed by atoms with E-state index in [1.807, 2.05) is 19.9 Å². The molecule has 170 valence electrons. The number of nitrogens with zero attached hydrogens (tertiary/aromatic N) is 4. The van der Waals surface area contributed by atoms with Crippen LogP contribution in [0.3, 0.4) is 0 Å². The van der Waals surface area contributed by atoms with Crippen molar-refractivity contribution in [2.24, 2.45) is 0 Å². The number of aromatic nitrogens is 4. The fraction of sp³-hybridized carbons (Fsp3) is 0.381. The summed E-state index contributed by atoms with van der Waals surface area (Å²) in [6.45, 7) is 7.14. The monoisotopic (exact) mass is 474 g/mol. The zero-order chi connectivity index (χ0) is 22.8. The molecule has 1 unspecified atom stereocenters. The van der Waals surface area contributed by atoms with E-state index in [0.29, 0.717) is 41.6 Å². The lowest BCUT2D eigenvalue weighted by atomic mass is 9.86. The second-order valence-corrected chi connectivity index (χ2v) is 9.38. The van der Waals surface area contributed by atoms with Crippen LogP contribution in [0.4, 0.5) is 23.3 Å². The van der Waals surface area contributed by atoms with E-state index in [2.05, 4.69) is 49.9 Å². The van der Waals surface area contributed by atoms with Crippen LogP contribution in [0.15, 0.2) is 24.4 Å². The quantitative estimate of drug-likeness (QED) is 0.456.